The number of fused-ring (bicyclic) bond motifs is 2. The van der Waals surface area contributed by atoms with Gasteiger partial charge in [0.1, 0.15) is 44.1 Å². The molecule has 1 unspecified atom stereocenters. The van der Waals surface area contributed by atoms with Crippen LogP contribution in [0.25, 0.3) is 0 Å². The number of esters is 1. The van der Waals surface area contributed by atoms with Crippen molar-refractivity contribution in [2.75, 3.05) is 62.7 Å². The Bertz CT molecular complexity index is 3740. The van der Waals surface area contributed by atoms with Crippen molar-refractivity contribution in [3.05, 3.63) is 137 Å². The molecule has 540 valence electrons. The van der Waals surface area contributed by atoms with Crippen molar-refractivity contribution in [1.82, 2.24) is 20.4 Å². The number of ether oxygens (including phenoxy) is 9. The Morgan fingerprint density at radius 2 is 1.40 bits per heavy atom. The van der Waals surface area contributed by atoms with Gasteiger partial charge in [-0.25, -0.2) is 24.1 Å². The van der Waals surface area contributed by atoms with Gasteiger partial charge in [-0.05, 0) is 143 Å². The summed E-state index contributed by atoms with van der Waals surface area (Å²) in [6.45, 7) is 33.0. The largest absolute Gasteiger partial charge is 0.493 e. The molecule has 4 aliphatic heterocycles. The third kappa shape index (κ3) is 19.3. The topological polar surface area (TPSA) is 307 Å². The molecule has 100 heavy (non-hydrogen) atoms. The predicted molar refractivity (Wildman–Crippen MR) is 375 cm³/mol. The minimum atomic E-state index is -2.28. The molecule has 5 N–H and O–H groups in total. The van der Waals surface area contributed by atoms with Gasteiger partial charge in [0.15, 0.2) is 43.8 Å². The van der Waals surface area contributed by atoms with E-state index in [0.717, 1.165) is 28.9 Å². The number of carboxylic acid groups (broad SMARTS) is 1. The van der Waals surface area contributed by atoms with Crippen molar-refractivity contribution in [2.24, 2.45) is 5.92 Å². The zero-order valence-electron chi connectivity index (χ0n) is 59.4. The summed E-state index contributed by atoms with van der Waals surface area (Å²) in [5, 5.41) is 21.5. The van der Waals surface area contributed by atoms with Gasteiger partial charge in [0.05, 0.1) is 61.0 Å². The van der Waals surface area contributed by atoms with Gasteiger partial charge in [-0.2, -0.15) is 0 Å². The number of methoxy groups -OCH3 is 2. The Morgan fingerprint density at radius 1 is 0.750 bits per heavy atom. The van der Waals surface area contributed by atoms with Crippen LogP contribution in [0.4, 0.5) is 31.4 Å². The Morgan fingerprint density at radius 3 is 2.00 bits per heavy atom. The number of carbonyl (C=O) groups is 8. The number of alkyl carbamates (subject to hydrolysis) is 1. The summed E-state index contributed by atoms with van der Waals surface area (Å²) in [6.07, 6.45) is -0.682. The molecule has 4 aromatic rings. The molecule has 26 nitrogen and oxygen atoms in total. The number of nitrogens with one attached hydrogen (secondary N) is 4. The highest BCUT2D eigenvalue weighted by Crippen LogP contribution is 2.44. The van der Waals surface area contributed by atoms with E-state index in [1.807, 2.05) is 0 Å². The summed E-state index contributed by atoms with van der Waals surface area (Å²) in [6, 6.07) is 14.0. The molecule has 4 aliphatic rings. The van der Waals surface area contributed by atoms with Crippen LogP contribution < -0.4 is 45.1 Å². The first kappa shape index (κ1) is 76.3. The average molecular weight is 1400 g/mol. The van der Waals surface area contributed by atoms with E-state index < -0.39 is 98.5 Å². The summed E-state index contributed by atoms with van der Waals surface area (Å²) in [5.74, 6) is -2.69. The molecule has 6 atom stereocenters. The number of rotatable bonds is 26. The molecule has 4 heterocycles. The van der Waals surface area contributed by atoms with Crippen LogP contribution in [0.15, 0.2) is 104 Å². The van der Waals surface area contributed by atoms with Crippen molar-refractivity contribution in [3.63, 3.8) is 0 Å². The third-order valence-corrected chi connectivity index (χ3v) is 22.3. The maximum Gasteiger partial charge on any atom is 0.414 e. The molecule has 0 aliphatic carbocycles. The van der Waals surface area contributed by atoms with Crippen molar-refractivity contribution in [1.29, 1.82) is 0 Å². The van der Waals surface area contributed by atoms with Crippen LogP contribution in [0.5, 0.6) is 23.0 Å². The van der Waals surface area contributed by atoms with Gasteiger partial charge in [0, 0.05) is 37.5 Å². The van der Waals surface area contributed by atoms with E-state index in [0.29, 0.717) is 48.2 Å². The van der Waals surface area contributed by atoms with E-state index in [4.69, 9.17) is 47.1 Å². The first-order chi connectivity index (χ1) is 47.2. The normalized spacial score (nSPS) is 18.3. The number of amides is 7. The van der Waals surface area contributed by atoms with Crippen LogP contribution in [-0.4, -0.2) is 161 Å². The first-order valence-corrected chi connectivity index (χ1v) is 36.2. The second kappa shape index (κ2) is 32.7. The van der Waals surface area contributed by atoms with E-state index in [-0.39, 0.29) is 108 Å². The fourth-order valence-electron chi connectivity index (χ4n) is 11.5. The number of nitrogens with zero attached hydrogens (tertiary/aromatic N) is 3. The number of anilines is 3. The number of benzene rings is 4. The highest BCUT2D eigenvalue weighted by Gasteiger charge is 2.49. The standard InChI is InChI=1S/C73H95N7O19Si/c1-17-25-93-70(87)77-62(42(2)3)64(82)74-45(6)63(81)75-50-23-21-46(22-24-50)38-96-69(86)76-54-34-59(57(90-13)32-52(54)65(83)78-36-43(4)27-51(78)41-97-100(15,16)73(10,11)12)94-39-47-29-48(31-49(30-47)68(85)99-72(7,8)9)40-95-60-35-55-53(33-58(60)91-14)66(84)79-37-44(5)28-56(79)67(80(55)71(88)89)98-61-20-18-19-26-92-61/h17,21-24,29-35,42,45,51,56,61-62,67H,1,4-5,18-20,25-28,36-41H2,2-3,6-16H3,(H,74,82)(H,75,81)(H,76,86)(H,77,87)(H,88,89)/t45-,51-,56-,61?,62-,67-/m0/s1. The quantitative estimate of drug-likeness (QED) is 0.0169. The van der Waals surface area contributed by atoms with E-state index in [9.17, 15) is 38.7 Å². The molecule has 0 radical (unpaired) electrons. The SMILES string of the molecule is C=CCOC(=O)N[C@H](C(=O)N[C@@H](C)C(=O)Nc1ccc(COC(=O)Nc2cc(OCc3cc(COc4cc5c(cc4OC)C(=O)N4CC(=C)C[C@H]4[C@H](OC4CCCCO4)N5C(=O)O)cc(C(=O)OC(C)(C)C)c3)c(OC)cc2C(=O)N2CC(=C)C[C@H]2CO[Si](C)(C)C(C)(C)C)cc1)C(C)C. The van der Waals surface area contributed by atoms with Crippen molar-refractivity contribution in [3.8, 4) is 23.0 Å². The highest BCUT2D eigenvalue weighted by atomic mass is 28.4. The lowest BCUT2D eigenvalue weighted by Crippen LogP contribution is -2.53. The highest BCUT2D eigenvalue weighted by molar-refractivity contribution is 6.74. The minimum absolute atomic E-state index is 0.000542. The average Bonchev–Trinajstić information content (AvgIpc) is 1.59. The number of hydrogen-bond donors (Lipinski definition) is 5. The molecule has 3 saturated heterocycles. The Kier molecular flexibility index (Phi) is 25.0. The predicted octanol–water partition coefficient (Wildman–Crippen LogP) is 11.9. The molecule has 4 aromatic carbocycles. The molecule has 8 rings (SSSR count). The van der Waals surface area contributed by atoms with Crippen molar-refractivity contribution < 1.29 is 90.5 Å². The summed E-state index contributed by atoms with van der Waals surface area (Å²) >= 11 is 0. The molecule has 3 fully saturated rings. The molecule has 0 aromatic heterocycles. The number of likely N-dealkylation sites (tertiary alicyclic amines) is 1. The molecule has 0 bridgehead atoms. The zero-order chi connectivity index (χ0) is 73.1. The van der Waals surface area contributed by atoms with Gasteiger partial charge in [-0.3, -0.25) is 24.5 Å². The monoisotopic (exact) mass is 1400 g/mol. The Labute approximate surface area is 585 Å². The van der Waals surface area contributed by atoms with Crippen LogP contribution in [-0.2, 0) is 57.5 Å². The molecule has 27 heteroatoms. The summed E-state index contributed by atoms with van der Waals surface area (Å²) in [7, 11) is 0.507. The maximum absolute atomic E-state index is 15.1. The van der Waals surface area contributed by atoms with Gasteiger partial charge >= 0.3 is 24.2 Å². The van der Waals surface area contributed by atoms with Gasteiger partial charge < -0.3 is 77.9 Å². The Balaban J connectivity index is 1.05. The van der Waals surface area contributed by atoms with E-state index in [2.05, 4.69) is 74.9 Å². The maximum atomic E-state index is 15.1. The zero-order valence-corrected chi connectivity index (χ0v) is 60.4. The van der Waals surface area contributed by atoms with Crippen molar-refractivity contribution >= 4 is 73.3 Å². The lowest BCUT2D eigenvalue weighted by Gasteiger charge is -2.38. The second-order valence-corrected chi connectivity index (χ2v) is 32.9. The number of hydrogen-bond acceptors (Lipinski definition) is 18. The van der Waals surface area contributed by atoms with Crippen LogP contribution in [0.1, 0.15) is 142 Å². The Hall–Kier alpha value is -9.44. The molecule has 0 spiro atoms. The molecular formula is C73H95N7O19Si. The lowest BCUT2D eigenvalue weighted by molar-refractivity contribution is -0.195. The van der Waals surface area contributed by atoms with Crippen molar-refractivity contribution in [2.45, 2.75) is 175 Å². The summed E-state index contributed by atoms with van der Waals surface area (Å²) in [4.78, 5) is 114. The van der Waals surface area contributed by atoms with Gasteiger partial charge in [-0.1, -0.05) is 83.7 Å². The van der Waals surface area contributed by atoms with Gasteiger partial charge in [0.2, 0.25) is 11.8 Å². The van der Waals surface area contributed by atoms with E-state index >= 15 is 4.79 Å². The lowest BCUT2D eigenvalue weighted by atomic mass is 10.0. The van der Waals surface area contributed by atoms with Crippen LogP contribution in [0, 0.1) is 5.92 Å². The second-order valence-electron chi connectivity index (χ2n) is 28.1. The summed E-state index contributed by atoms with van der Waals surface area (Å²) < 4.78 is 60.3. The van der Waals surface area contributed by atoms with Crippen LogP contribution >= 0.6 is 0 Å². The number of carbonyl (C=O) groups excluding carboxylic acids is 7. The van der Waals surface area contributed by atoms with Crippen LogP contribution in [0.2, 0.25) is 18.1 Å². The fraction of sp³-hybridized carbons (Fsp3) is 0.479. The van der Waals surface area contributed by atoms with Gasteiger partial charge in [-0.15, -0.1) is 0 Å². The smallest absolute Gasteiger partial charge is 0.414 e. The summed E-state index contributed by atoms with van der Waals surface area (Å²) in [5.41, 5.74) is 2.60. The van der Waals surface area contributed by atoms with Gasteiger partial charge in [0.25, 0.3) is 11.8 Å². The third-order valence-electron chi connectivity index (χ3n) is 17.8. The van der Waals surface area contributed by atoms with Crippen LogP contribution in [0.3, 0.4) is 0 Å². The van der Waals surface area contributed by atoms with E-state index in [1.165, 1.54) is 51.5 Å². The molecule has 7 amide bonds. The molecule has 0 saturated carbocycles. The minimum Gasteiger partial charge on any atom is -0.493 e. The molecular weight excluding hydrogens is 1310 g/mol. The fourth-order valence-corrected chi connectivity index (χ4v) is 12.5. The first-order valence-electron chi connectivity index (χ1n) is 33.3. The van der Waals surface area contributed by atoms with E-state index in [1.54, 1.807) is 86.9 Å².